The standard InChI is InChI=1S/C16H16N4O3/c1-17-20(13-6-4-3-5-7-13)16(19-11-15(21)22)12-8-9-14(23-2)18-10-12/h3-10H,1,11H2,2H3,(H,21,22). The van der Waals surface area contributed by atoms with Gasteiger partial charge in [-0.25, -0.2) is 9.99 Å². The van der Waals surface area contributed by atoms with Crippen molar-refractivity contribution in [1.82, 2.24) is 4.98 Å². The molecule has 0 spiro atoms. The van der Waals surface area contributed by atoms with Gasteiger partial charge in [0.05, 0.1) is 12.8 Å². The van der Waals surface area contributed by atoms with E-state index in [0.717, 1.165) is 0 Å². The molecule has 118 valence electrons. The third-order valence-electron chi connectivity index (χ3n) is 2.91. The van der Waals surface area contributed by atoms with Crippen molar-refractivity contribution in [3.05, 3.63) is 54.2 Å². The first kappa shape index (κ1) is 16.2. The molecule has 0 bridgehead atoms. The number of para-hydroxylation sites is 1. The summed E-state index contributed by atoms with van der Waals surface area (Å²) in [6.07, 6.45) is 1.54. The van der Waals surface area contributed by atoms with Crippen LogP contribution in [0.2, 0.25) is 0 Å². The zero-order valence-electron chi connectivity index (χ0n) is 12.6. The summed E-state index contributed by atoms with van der Waals surface area (Å²) in [6.45, 7) is 3.16. The van der Waals surface area contributed by atoms with Crippen LogP contribution in [0.4, 0.5) is 5.69 Å². The number of benzene rings is 1. The van der Waals surface area contributed by atoms with E-state index in [-0.39, 0.29) is 6.54 Å². The maximum absolute atomic E-state index is 10.9. The second-order valence-corrected chi connectivity index (χ2v) is 4.41. The molecule has 0 aliphatic rings. The number of ether oxygens (including phenoxy) is 1. The van der Waals surface area contributed by atoms with Gasteiger partial charge in [-0.15, -0.1) is 0 Å². The monoisotopic (exact) mass is 312 g/mol. The van der Waals surface area contributed by atoms with Crippen LogP contribution in [0.1, 0.15) is 5.56 Å². The summed E-state index contributed by atoms with van der Waals surface area (Å²) in [5, 5.41) is 14.3. The van der Waals surface area contributed by atoms with Crippen LogP contribution in [-0.4, -0.2) is 42.3 Å². The van der Waals surface area contributed by atoms with Crippen molar-refractivity contribution in [2.24, 2.45) is 10.1 Å². The molecule has 0 fully saturated rings. The number of hydrogen-bond acceptors (Lipinski definition) is 5. The fraction of sp³-hybridized carbons (Fsp3) is 0.125. The number of anilines is 1. The smallest absolute Gasteiger partial charge is 0.325 e. The van der Waals surface area contributed by atoms with Gasteiger partial charge in [0.25, 0.3) is 0 Å². The third-order valence-corrected chi connectivity index (χ3v) is 2.91. The fourth-order valence-corrected chi connectivity index (χ4v) is 1.90. The molecule has 1 N–H and O–H groups in total. The van der Waals surface area contributed by atoms with Crippen LogP contribution < -0.4 is 9.75 Å². The van der Waals surface area contributed by atoms with E-state index >= 15 is 0 Å². The summed E-state index contributed by atoms with van der Waals surface area (Å²) < 4.78 is 5.02. The van der Waals surface area contributed by atoms with E-state index in [1.807, 2.05) is 30.3 Å². The molecule has 1 aromatic heterocycles. The lowest BCUT2D eigenvalue weighted by Crippen LogP contribution is -2.27. The van der Waals surface area contributed by atoms with E-state index in [0.29, 0.717) is 23.0 Å². The van der Waals surface area contributed by atoms with Crippen molar-refractivity contribution in [1.29, 1.82) is 0 Å². The summed E-state index contributed by atoms with van der Waals surface area (Å²) in [6, 6.07) is 12.6. The highest BCUT2D eigenvalue weighted by Crippen LogP contribution is 2.18. The molecule has 0 radical (unpaired) electrons. The number of aromatic nitrogens is 1. The minimum atomic E-state index is -1.04. The van der Waals surface area contributed by atoms with E-state index < -0.39 is 5.97 Å². The maximum Gasteiger partial charge on any atom is 0.325 e. The van der Waals surface area contributed by atoms with Crippen LogP contribution in [0.25, 0.3) is 0 Å². The number of hydrazone groups is 1. The van der Waals surface area contributed by atoms with Gasteiger partial charge >= 0.3 is 5.97 Å². The zero-order chi connectivity index (χ0) is 16.7. The molecule has 0 aliphatic carbocycles. The number of carboxylic acid groups (broad SMARTS) is 1. The first-order chi connectivity index (χ1) is 11.2. The Kier molecular flexibility index (Phi) is 5.40. The first-order valence-electron chi connectivity index (χ1n) is 6.74. The quantitative estimate of drug-likeness (QED) is 0.501. The Morgan fingerprint density at radius 2 is 2.04 bits per heavy atom. The molecule has 7 nitrogen and oxygen atoms in total. The lowest BCUT2D eigenvalue weighted by Gasteiger charge is -2.20. The normalized spacial score (nSPS) is 10.9. The molecular formula is C16H16N4O3. The second kappa shape index (κ2) is 7.69. The molecule has 0 saturated heterocycles. The topological polar surface area (TPSA) is 87.4 Å². The lowest BCUT2D eigenvalue weighted by atomic mass is 10.2. The predicted octanol–water partition coefficient (Wildman–Crippen LogP) is 2.04. The molecule has 0 unspecified atom stereocenters. The minimum absolute atomic E-state index is 0.337. The third kappa shape index (κ3) is 4.13. The molecule has 0 amide bonds. The first-order valence-corrected chi connectivity index (χ1v) is 6.74. The number of amidine groups is 1. The number of methoxy groups -OCH3 is 1. The molecule has 23 heavy (non-hydrogen) atoms. The SMILES string of the molecule is C=NN(C(=NCC(=O)O)c1ccc(OC)nc1)c1ccccc1. The minimum Gasteiger partial charge on any atom is -0.481 e. The van der Waals surface area contributed by atoms with Gasteiger partial charge in [-0.1, -0.05) is 18.2 Å². The summed E-state index contributed by atoms with van der Waals surface area (Å²) in [4.78, 5) is 19.1. The predicted molar refractivity (Wildman–Crippen MR) is 88.3 cm³/mol. The maximum atomic E-state index is 10.9. The molecule has 1 aromatic carbocycles. The van der Waals surface area contributed by atoms with Gasteiger partial charge in [0.1, 0.15) is 6.54 Å². The van der Waals surface area contributed by atoms with Gasteiger partial charge in [0.2, 0.25) is 5.88 Å². The van der Waals surface area contributed by atoms with Gasteiger partial charge in [0.15, 0.2) is 5.84 Å². The van der Waals surface area contributed by atoms with Gasteiger partial charge in [-0.2, -0.15) is 5.10 Å². The summed E-state index contributed by atoms with van der Waals surface area (Å²) in [5.74, 6) is -0.256. The number of pyridine rings is 1. The van der Waals surface area contributed by atoms with Gasteiger partial charge in [-0.3, -0.25) is 9.79 Å². The number of carboxylic acids is 1. The highest BCUT2D eigenvalue weighted by atomic mass is 16.5. The van der Waals surface area contributed by atoms with Crippen LogP contribution in [0.15, 0.2) is 58.8 Å². The molecule has 2 rings (SSSR count). The van der Waals surface area contributed by atoms with Crippen LogP contribution in [0.3, 0.4) is 0 Å². The van der Waals surface area contributed by atoms with Crippen molar-refractivity contribution in [2.45, 2.75) is 0 Å². The molecular weight excluding hydrogens is 296 g/mol. The van der Waals surface area contributed by atoms with E-state index in [9.17, 15) is 4.79 Å². The van der Waals surface area contributed by atoms with E-state index in [1.165, 1.54) is 12.1 Å². The number of aliphatic imine (C=N–C) groups is 1. The number of rotatable bonds is 6. The Labute approximate surface area is 133 Å². The molecule has 0 atom stereocenters. The van der Waals surface area contributed by atoms with Crippen LogP contribution in [0.5, 0.6) is 5.88 Å². The molecule has 0 aliphatic heterocycles. The Morgan fingerprint density at radius 1 is 1.30 bits per heavy atom. The van der Waals surface area contributed by atoms with Crippen LogP contribution in [0, 0.1) is 0 Å². The molecule has 7 heteroatoms. The van der Waals surface area contributed by atoms with Crippen LogP contribution in [-0.2, 0) is 4.79 Å². The van der Waals surface area contributed by atoms with Gasteiger partial charge < -0.3 is 9.84 Å². The summed E-state index contributed by atoms with van der Waals surface area (Å²) in [5.41, 5.74) is 1.31. The summed E-state index contributed by atoms with van der Waals surface area (Å²) >= 11 is 0. The Hall–Kier alpha value is -3.22. The highest BCUT2D eigenvalue weighted by Gasteiger charge is 2.15. The van der Waals surface area contributed by atoms with Crippen molar-refractivity contribution >= 4 is 24.2 Å². The Morgan fingerprint density at radius 3 is 2.57 bits per heavy atom. The lowest BCUT2D eigenvalue weighted by molar-refractivity contribution is -0.135. The van der Waals surface area contributed by atoms with E-state index in [2.05, 4.69) is 21.8 Å². The Balaban J connectivity index is 2.45. The van der Waals surface area contributed by atoms with Crippen molar-refractivity contribution in [3.8, 4) is 5.88 Å². The average Bonchev–Trinajstić information content (AvgIpc) is 2.59. The molecule has 0 saturated carbocycles. The largest absolute Gasteiger partial charge is 0.481 e. The Bertz CT molecular complexity index is 699. The summed E-state index contributed by atoms with van der Waals surface area (Å²) in [7, 11) is 1.52. The molecule has 1 heterocycles. The van der Waals surface area contributed by atoms with Gasteiger partial charge in [0, 0.05) is 24.5 Å². The second-order valence-electron chi connectivity index (χ2n) is 4.41. The number of hydrogen-bond donors (Lipinski definition) is 1. The zero-order valence-corrected chi connectivity index (χ0v) is 12.6. The molecule has 2 aromatic rings. The van der Waals surface area contributed by atoms with Crippen molar-refractivity contribution in [2.75, 3.05) is 18.7 Å². The van der Waals surface area contributed by atoms with Crippen LogP contribution >= 0.6 is 0 Å². The number of carbonyl (C=O) groups is 1. The van der Waals surface area contributed by atoms with Crippen molar-refractivity contribution in [3.63, 3.8) is 0 Å². The van der Waals surface area contributed by atoms with Crippen molar-refractivity contribution < 1.29 is 14.6 Å². The van der Waals surface area contributed by atoms with E-state index in [4.69, 9.17) is 9.84 Å². The fourth-order valence-electron chi connectivity index (χ4n) is 1.90. The van der Waals surface area contributed by atoms with E-state index in [1.54, 1.807) is 18.3 Å². The number of aliphatic carboxylic acids is 1. The highest BCUT2D eigenvalue weighted by molar-refractivity contribution is 6.10. The average molecular weight is 312 g/mol. The number of nitrogens with zero attached hydrogens (tertiary/aromatic N) is 4. The van der Waals surface area contributed by atoms with Gasteiger partial charge in [-0.05, 0) is 18.2 Å².